The number of nitrogens with zero attached hydrogens (tertiary/aromatic N) is 2. The number of nitrogens with one attached hydrogen (secondary N) is 2. The quantitative estimate of drug-likeness (QED) is 0.809. The zero-order valence-corrected chi connectivity index (χ0v) is 14.3. The van der Waals surface area contributed by atoms with Gasteiger partial charge >= 0.3 is 6.09 Å². The molecule has 0 radical (unpaired) electrons. The van der Waals surface area contributed by atoms with Gasteiger partial charge in [0.2, 0.25) is 0 Å². The Morgan fingerprint density at radius 2 is 2.00 bits per heavy atom. The summed E-state index contributed by atoms with van der Waals surface area (Å²) in [5.74, 6) is 0. The van der Waals surface area contributed by atoms with E-state index in [1.807, 2.05) is 26.2 Å². The molecule has 1 heterocycles. The van der Waals surface area contributed by atoms with Crippen LogP contribution in [0.15, 0.2) is 5.38 Å². The molecule has 0 spiro atoms. The van der Waals surface area contributed by atoms with E-state index in [9.17, 15) is 4.79 Å². The van der Waals surface area contributed by atoms with Gasteiger partial charge in [-0.05, 0) is 45.1 Å². The van der Waals surface area contributed by atoms with Gasteiger partial charge in [0.25, 0.3) is 0 Å². The number of hydrogen-bond donors (Lipinski definition) is 2. The highest BCUT2D eigenvalue weighted by atomic mass is 32.1. The zero-order chi connectivity index (χ0) is 15.9. The molecule has 1 amide bonds. The van der Waals surface area contributed by atoms with E-state index in [0.29, 0.717) is 13.1 Å². The van der Waals surface area contributed by atoms with Crippen LogP contribution < -0.4 is 10.6 Å². The van der Waals surface area contributed by atoms with Gasteiger partial charge in [-0.15, -0.1) is 5.10 Å². The molecule has 6 nitrogen and oxygen atoms in total. The highest BCUT2D eigenvalue weighted by Gasteiger charge is 2.27. The van der Waals surface area contributed by atoms with Crippen molar-refractivity contribution in [2.24, 2.45) is 0 Å². The van der Waals surface area contributed by atoms with E-state index in [1.54, 1.807) is 0 Å². The third kappa shape index (κ3) is 6.39. The van der Waals surface area contributed by atoms with Crippen LogP contribution in [-0.4, -0.2) is 33.4 Å². The van der Waals surface area contributed by atoms with Crippen molar-refractivity contribution in [1.29, 1.82) is 0 Å². The van der Waals surface area contributed by atoms with Crippen molar-refractivity contribution in [2.75, 3.05) is 6.54 Å². The second kappa shape index (κ2) is 7.70. The maximum absolute atomic E-state index is 11.8. The molecule has 0 aliphatic carbocycles. The van der Waals surface area contributed by atoms with Crippen LogP contribution >= 0.6 is 11.5 Å². The molecule has 1 rings (SSSR count). The standard InChI is InChI=1S/C14H26N4O2S/c1-6-14(7-2,16-8-11-9-21-18-17-11)10-15-12(19)20-13(3,4)5/h9,16H,6-8,10H2,1-5H3,(H,15,19). The van der Waals surface area contributed by atoms with Crippen LogP contribution in [0, 0.1) is 0 Å². The van der Waals surface area contributed by atoms with Crippen molar-refractivity contribution < 1.29 is 9.53 Å². The molecule has 120 valence electrons. The maximum atomic E-state index is 11.8. The topological polar surface area (TPSA) is 76.1 Å². The summed E-state index contributed by atoms with van der Waals surface area (Å²) in [5, 5.41) is 12.3. The molecule has 0 atom stereocenters. The number of hydrogen-bond acceptors (Lipinski definition) is 6. The highest BCUT2D eigenvalue weighted by Crippen LogP contribution is 2.16. The fourth-order valence-corrected chi connectivity index (χ4v) is 2.36. The summed E-state index contributed by atoms with van der Waals surface area (Å²) in [4.78, 5) is 11.8. The lowest BCUT2D eigenvalue weighted by Gasteiger charge is -2.33. The summed E-state index contributed by atoms with van der Waals surface area (Å²) in [6.07, 6.45) is 1.42. The second-order valence-electron chi connectivity index (χ2n) is 6.09. The lowest BCUT2D eigenvalue weighted by molar-refractivity contribution is 0.0507. The number of carbonyl (C=O) groups excluding carboxylic acids is 1. The second-order valence-corrected chi connectivity index (χ2v) is 6.70. The minimum atomic E-state index is -0.481. The van der Waals surface area contributed by atoms with E-state index in [2.05, 4.69) is 34.1 Å². The summed E-state index contributed by atoms with van der Waals surface area (Å²) in [6.45, 7) is 10.9. The summed E-state index contributed by atoms with van der Waals surface area (Å²) in [7, 11) is 0. The number of amides is 1. The van der Waals surface area contributed by atoms with Crippen LogP contribution in [0.4, 0.5) is 4.79 Å². The maximum Gasteiger partial charge on any atom is 0.407 e. The van der Waals surface area contributed by atoms with Crippen molar-refractivity contribution in [1.82, 2.24) is 20.2 Å². The molecule has 1 aromatic heterocycles. The summed E-state index contributed by atoms with van der Waals surface area (Å²) in [6, 6.07) is 0. The molecule has 2 N–H and O–H groups in total. The van der Waals surface area contributed by atoms with Gasteiger partial charge in [-0.2, -0.15) is 0 Å². The van der Waals surface area contributed by atoms with Crippen molar-refractivity contribution >= 4 is 17.6 Å². The predicted molar refractivity (Wildman–Crippen MR) is 84.3 cm³/mol. The molecule has 7 heteroatoms. The lowest BCUT2D eigenvalue weighted by atomic mass is 9.92. The minimum Gasteiger partial charge on any atom is -0.444 e. The van der Waals surface area contributed by atoms with Crippen LogP contribution in [-0.2, 0) is 11.3 Å². The van der Waals surface area contributed by atoms with Gasteiger partial charge in [-0.25, -0.2) is 4.79 Å². The number of aromatic nitrogens is 2. The van der Waals surface area contributed by atoms with E-state index in [-0.39, 0.29) is 11.6 Å². The van der Waals surface area contributed by atoms with E-state index in [4.69, 9.17) is 4.74 Å². The smallest absolute Gasteiger partial charge is 0.407 e. The SMILES string of the molecule is CCC(CC)(CNC(=O)OC(C)(C)C)NCc1csnn1. The third-order valence-electron chi connectivity index (χ3n) is 3.37. The molecule has 0 bridgehead atoms. The summed E-state index contributed by atoms with van der Waals surface area (Å²) >= 11 is 1.34. The first-order valence-corrected chi connectivity index (χ1v) is 8.12. The van der Waals surface area contributed by atoms with Crippen molar-refractivity contribution in [3.8, 4) is 0 Å². The Bertz CT molecular complexity index is 425. The predicted octanol–water partition coefficient (Wildman–Crippen LogP) is 2.71. The van der Waals surface area contributed by atoms with Crippen LogP contribution in [0.3, 0.4) is 0 Å². The van der Waals surface area contributed by atoms with Crippen molar-refractivity contribution in [3.05, 3.63) is 11.1 Å². The van der Waals surface area contributed by atoms with Crippen molar-refractivity contribution in [3.63, 3.8) is 0 Å². The highest BCUT2D eigenvalue weighted by molar-refractivity contribution is 7.03. The Labute approximate surface area is 130 Å². The molecule has 1 aromatic rings. The normalized spacial score (nSPS) is 12.2. The first-order chi connectivity index (χ1) is 9.80. The van der Waals surface area contributed by atoms with E-state index < -0.39 is 5.60 Å². The summed E-state index contributed by atoms with van der Waals surface area (Å²) < 4.78 is 9.12. The van der Waals surface area contributed by atoms with Gasteiger partial charge in [0, 0.05) is 24.0 Å². The van der Waals surface area contributed by atoms with Gasteiger partial charge < -0.3 is 15.4 Å². The number of rotatable bonds is 7. The molecule has 0 aromatic carbocycles. The first kappa shape index (κ1) is 17.8. The number of carbonyl (C=O) groups is 1. The van der Waals surface area contributed by atoms with Crippen LogP contribution in [0.1, 0.15) is 53.2 Å². The Hall–Kier alpha value is -1.21. The van der Waals surface area contributed by atoms with E-state index in [0.717, 1.165) is 18.5 Å². The molecule has 0 saturated carbocycles. The monoisotopic (exact) mass is 314 g/mol. The molecule has 0 saturated heterocycles. The molecule has 21 heavy (non-hydrogen) atoms. The largest absolute Gasteiger partial charge is 0.444 e. The van der Waals surface area contributed by atoms with E-state index >= 15 is 0 Å². The van der Waals surface area contributed by atoms with Gasteiger partial charge in [0.1, 0.15) is 5.60 Å². The van der Waals surface area contributed by atoms with Crippen LogP contribution in [0.25, 0.3) is 0 Å². The Balaban J connectivity index is 2.53. The third-order valence-corrected chi connectivity index (χ3v) is 3.93. The fraction of sp³-hybridized carbons (Fsp3) is 0.786. The Kier molecular flexibility index (Phi) is 6.54. The molecule has 0 unspecified atom stereocenters. The minimum absolute atomic E-state index is 0.166. The Morgan fingerprint density at radius 3 is 2.48 bits per heavy atom. The number of alkyl carbamates (subject to hydrolysis) is 1. The van der Waals surface area contributed by atoms with Crippen LogP contribution in [0.5, 0.6) is 0 Å². The van der Waals surface area contributed by atoms with Gasteiger partial charge in [-0.3, -0.25) is 0 Å². The van der Waals surface area contributed by atoms with Gasteiger partial charge in [-0.1, -0.05) is 18.3 Å². The molecule has 0 aliphatic heterocycles. The van der Waals surface area contributed by atoms with E-state index in [1.165, 1.54) is 11.5 Å². The Morgan fingerprint density at radius 1 is 1.33 bits per heavy atom. The lowest BCUT2D eigenvalue weighted by Crippen LogP contribution is -2.53. The average molecular weight is 314 g/mol. The fourth-order valence-electron chi connectivity index (χ4n) is 1.91. The van der Waals surface area contributed by atoms with Crippen LogP contribution in [0.2, 0.25) is 0 Å². The molecule has 0 fully saturated rings. The molecule has 0 aliphatic rings. The van der Waals surface area contributed by atoms with Gasteiger partial charge in [0.15, 0.2) is 0 Å². The summed E-state index contributed by atoms with van der Waals surface area (Å²) in [5.41, 5.74) is 0.273. The number of ether oxygens (including phenoxy) is 1. The zero-order valence-electron chi connectivity index (χ0n) is 13.5. The molecular weight excluding hydrogens is 288 g/mol. The average Bonchev–Trinajstić information content (AvgIpc) is 2.91. The first-order valence-electron chi connectivity index (χ1n) is 7.28. The van der Waals surface area contributed by atoms with Crippen molar-refractivity contribution in [2.45, 2.75) is 65.1 Å². The van der Waals surface area contributed by atoms with Gasteiger partial charge in [0.05, 0.1) is 5.69 Å². The molecular formula is C14H26N4O2S.